The van der Waals surface area contributed by atoms with Gasteiger partial charge in [-0.1, -0.05) is 26.7 Å². The summed E-state index contributed by atoms with van der Waals surface area (Å²) in [5.41, 5.74) is 3.27. The molecule has 1 saturated heterocycles. The van der Waals surface area contributed by atoms with Gasteiger partial charge in [0.25, 0.3) is 0 Å². The van der Waals surface area contributed by atoms with Crippen LogP contribution in [0.15, 0.2) is 4.99 Å². The lowest BCUT2D eigenvalue weighted by atomic mass is 9.74. The van der Waals surface area contributed by atoms with Crippen LogP contribution in [0.25, 0.3) is 0 Å². The van der Waals surface area contributed by atoms with Crippen molar-refractivity contribution < 1.29 is 4.74 Å². The van der Waals surface area contributed by atoms with E-state index in [4.69, 9.17) is 10.6 Å². The van der Waals surface area contributed by atoms with E-state index in [9.17, 15) is 0 Å². The van der Waals surface area contributed by atoms with Gasteiger partial charge in [0.1, 0.15) is 0 Å². The number of likely N-dealkylation sites (tertiary alicyclic amines) is 1. The molecule has 1 fully saturated rings. The van der Waals surface area contributed by atoms with Crippen LogP contribution in [-0.2, 0) is 4.74 Å². The van der Waals surface area contributed by atoms with Crippen LogP contribution in [0.2, 0.25) is 0 Å². The van der Waals surface area contributed by atoms with Crippen molar-refractivity contribution in [3.63, 3.8) is 0 Å². The van der Waals surface area contributed by atoms with E-state index in [1.165, 1.54) is 25.7 Å². The first kappa shape index (κ1) is 16.2. The molecule has 1 atom stereocenters. The Balaban J connectivity index is 2.61. The Bertz CT molecular complexity index is 279. The molecule has 1 aliphatic heterocycles. The number of nitrogens with zero attached hydrogens (tertiary/aromatic N) is 2. The number of hydrazine groups is 1. The third-order valence-corrected chi connectivity index (χ3v) is 4.50. The molecule has 1 unspecified atom stereocenters. The highest BCUT2D eigenvalue weighted by atomic mass is 16.5. The Morgan fingerprint density at radius 1 is 1.37 bits per heavy atom. The quantitative estimate of drug-likeness (QED) is 0.346. The summed E-state index contributed by atoms with van der Waals surface area (Å²) in [5.74, 6) is 6.41. The maximum atomic E-state index is 5.62. The monoisotopic (exact) mass is 270 g/mol. The molecule has 0 bridgehead atoms. The van der Waals surface area contributed by atoms with Gasteiger partial charge in [-0.05, 0) is 25.2 Å². The molecule has 0 radical (unpaired) electrons. The number of aliphatic imine (C=N–C) groups is 1. The van der Waals surface area contributed by atoms with Crippen molar-refractivity contribution >= 4 is 5.96 Å². The van der Waals surface area contributed by atoms with E-state index in [2.05, 4.69) is 29.2 Å². The molecular formula is C14H30N4O. The molecule has 0 aliphatic carbocycles. The first-order valence-corrected chi connectivity index (χ1v) is 7.39. The molecular weight excluding hydrogens is 240 g/mol. The third-order valence-electron chi connectivity index (χ3n) is 4.50. The Labute approximate surface area is 117 Å². The Kier molecular flexibility index (Phi) is 6.58. The molecule has 5 heteroatoms. The fourth-order valence-electron chi connectivity index (χ4n) is 2.85. The predicted octanol–water partition coefficient (Wildman–Crippen LogP) is 1.74. The zero-order chi connectivity index (χ0) is 14.3. The van der Waals surface area contributed by atoms with Gasteiger partial charge in [0, 0.05) is 20.2 Å². The van der Waals surface area contributed by atoms with Gasteiger partial charge in [-0.15, -0.1) is 0 Å². The standard InChI is InChI=1S/C14H30N4O/c1-5-14(6-2)7-9-18(10-8-14)13(17-15)16-12(3)11-19-4/h12H,5-11,15H2,1-4H3,(H,16,17). The van der Waals surface area contributed by atoms with Crippen LogP contribution in [0.1, 0.15) is 46.5 Å². The normalized spacial score (nSPS) is 21.3. The van der Waals surface area contributed by atoms with E-state index in [0.29, 0.717) is 12.0 Å². The summed E-state index contributed by atoms with van der Waals surface area (Å²) in [4.78, 5) is 6.85. The van der Waals surface area contributed by atoms with Gasteiger partial charge in [-0.2, -0.15) is 0 Å². The minimum Gasteiger partial charge on any atom is -0.382 e. The topological polar surface area (TPSA) is 62.9 Å². The lowest BCUT2D eigenvalue weighted by Gasteiger charge is -2.42. The van der Waals surface area contributed by atoms with Gasteiger partial charge in [-0.3, -0.25) is 5.43 Å². The van der Waals surface area contributed by atoms with Gasteiger partial charge in [-0.25, -0.2) is 10.8 Å². The average Bonchev–Trinajstić information content (AvgIpc) is 2.45. The number of hydrogen-bond donors (Lipinski definition) is 2. The summed E-state index contributed by atoms with van der Waals surface area (Å²) in [6.45, 7) is 9.32. The summed E-state index contributed by atoms with van der Waals surface area (Å²) < 4.78 is 5.11. The number of nitrogens with two attached hydrogens (primary N) is 1. The Morgan fingerprint density at radius 3 is 2.37 bits per heavy atom. The molecule has 112 valence electrons. The van der Waals surface area contributed by atoms with E-state index in [1.54, 1.807) is 7.11 Å². The highest BCUT2D eigenvalue weighted by Crippen LogP contribution is 2.37. The zero-order valence-electron chi connectivity index (χ0n) is 12.9. The molecule has 19 heavy (non-hydrogen) atoms. The number of ether oxygens (including phenoxy) is 1. The van der Waals surface area contributed by atoms with E-state index in [0.717, 1.165) is 19.0 Å². The first-order valence-electron chi connectivity index (χ1n) is 7.39. The molecule has 5 nitrogen and oxygen atoms in total. The molecule has 0 amide bonds. The van der Waals surface area contributed by atoms with Crippen molar-refractivity contribution in [1.29, 1.82) is 0 Å². The van der Waals surface area contributed by atoms with Crippen LogP contribution in [0.3, 0.4) is 0 Å². The number of piperidine rings is 1. The Hall–Kier alpha value is -0.810. The number of guanidine groups is 1. The fraction of sp³-hybridized carbons (Fsp3) is 0.929. The maximum absolute atomic E-state index is 5.62. The molecule has 1 rings (SSSR count). The second-order valence-corrected chi connectivity index (χ2v) is 5.60. The summed E-state index contributed by atoms with van der Waals surface area (Å²) in [5, 5.41) is 0. The third kappa shape index (κ3) is 4.35. The van der Waals surface area contributed by atoms with Gasteiger partial charge in [0.05, 0.1) is 12.6 Å². The summed E-state index contributed by atoms with van der Waals surface area (Å²) in [7, 11) is 1.69. The molecule has 0 aromatic heterocycles. The molecule has 0 aromatic rings. The van der Waals surface area contributed by atoms with Crippen molar-refractivity contribution in [3.05, 3.63) is 0 Å². The number of rotatable bonds is 5. The SMILES string of the molecule is CCC1(CC)CCN(C(=NC(C)COC)NN)CC1. The molecule has 0 spiro atoms. The van der Waals surface area contributed by atoms with Gasteiger partial charge < -0.3 is 9.64 Å². The minimum atomic E-state index is 0.125. The summed E-state index contributed by atoms with van der Waals surface area (Å²) in [6, 6.07) is 0.125. The smallest absolute Gasteiger partial charge is 0.208 e. The minimum absolute atomic E-state index is 0.125. The summed E-state index contributed by atoms with van der Waals surface area (Å²) in [6.07, 6.45) is 4.97. The van der Waals surface area contributed by atoms with Crippen LogP contribution in [0, 0.1) is 5.41 Å². The van der Waals surface area contributed by atoms with Crippen molar-refractivity contribution in [2.24, 2.45) is 16.3 Å². The first-order chi connectivity index (χ1) is 9.10. The van der Waals surface area contributed by atoms with E-state index >= 15 is 0 Å². The van der Waals surface area contributed by atoms with Crippen molar-refractivity contribution in [1.82, 2.24) is 10.3 Å². The van der Waals surface area contributed by atoms with Gasteiger partial charge in [0.2, 0.25) is 5.96 Å². The molecule has 1 heterocycles. The highest BCUT2D eigenvalue weighted by molar-refractivity contribution is 5.79. The predicted molar refractivity (Wildman–Crippen MR) is 79.9 cm³/mol. The van der Waals surface area contributed by atoms with Crippen LogP contribution < -0.4 is 11.3 Å². The molecule has 0 saturated carbocycles. The van der Waals surface area contributed by atoms with Gasteiger partial charge in [0.15, 0.2) is 0 Å². The lowest BCUT2D eigenvalue weighted by molar-refractivity contribution is 0.132. The second-order valence-electron chi connectivity index (χ2n) is 5.60. The maximum Gasteiger partial charge on any atom is 0.208 e. The largest absolute Gasteiger partial charge is 0.382 e. The van der Waals surface area contributed by atoms with Crippen molar-refractivity contribution in [3.8, 4) is 0 Å². The highest BCUT2D eigenvalue weighted by Gasteiger charge is 2.32. The molecule has 0 aromatic carbocycles. The summed E-state index contributed by atoms with van der Waals surface area (Å²) >= 11 is 0. The zero-order valence-corrected chi connectivity index (χ0v) is 12.9. The van der Waals surface area contributed by atoms with Crippen LogP contribution in [0.5, 0.6) is 0 Å². The van der Waals surface area contributed by atoms with E-state index in [1.807, 2.05) is 6.92 Å². The van der Waals surface area contributed by atoms with Crippen LogP contribution >= 0.6 is 0 Å². The number of methoxy groups -OCH3 is 1. The van der Waals surface area contributed by atoms with Crippen molar-refractivity contribution in [2.75, 3.05) is 26.8 Å². The van der Waals surface area contributed by atoms with Crippen molar-refractivity contribution in [2.45, 2.75) is 52.5 Å². The molecule has 3 N–H and O–H groups in total. The Morgan fingerprint density at radius 2 is 1.95 bits per heavy atom. The average molecular weight is 270 g/mol. The lowest BCUT2D eigenvalue weighted by Crippen LogP contribution is -2.50. The fourth-order valence-corrected chi connectivity index (χ4v) is 2.85. The second kappa shape index (κ2) is 7.70. The van der Waals surface area contributed by atoms with Gasteiger partial charge >= 0.3 is 0 Å². The number of hydrogen-bond acceptors (Lipinski definition) is 3. The molecule has 1 aliphatic rings. The van der Waals surface area contributed by atoms with E-state index < -0.39 is 0 Å². The van der Waals surface area contributed by atoms with E-state index in [-0.39, 0.29) is 6.04 Å². The number of nitrogens with one attached hydrogen (secondary N) is 1. The van der Waals surface area contributed by atoms with Crippen LogP contribution in [-0.4, -0.2) is 43.7 Å². The van der Waals surface area contributed by atoms with Crippen LogP contribution in [0.4, 0.5) is 0 Å².